The molecular weight excluding hydrogens is 296 g/mol. The Morgan fingerprint density at radius 2 is 2.13 bits per heavy atom. The molecule has 1 aliphatic carbocycles. The summed E-state index contributed by atoms with van der Waals surface area (Å²) in [5, 5.41) is 17.9. The van der Waals surface area contributed by atoms with Gasteiger partial charge in [-0.3, -0.25) is 9.89 Å². The summed E-state index contributed by atoms with van der Waals surface area (Å²) in [5.74, 6) is 0.518. The molecule has 2 N–H and O–H groups in total. The SMILES string of the molecule is N#Cc1ccc(OC2CCC(NC(=O)c3ncn[nH]3)CC2)nc1. The molecule has 8 heteroatoms. The highest BCUT2D eigenvalue weighted by atomic mass is 16.5. The van der Waals surface area contributed by atoms with Crippen LogP contribution < -0.4 is 10.1 Å². The van der Waals surface area contributed by atoms with Crippen LogP contribution in [0.5, 0.6) is 5.88 Å². The van der Waals surface area contributed by atoms with Crippen LogP contribution in [0.2, 0.25) is 0 Å². The van der Waals surface area contributed by atoms with Crippen molar-refractivity contribution in [2.75, 3.05) is 0 Å². The third-order valence-corrected chi connectivity index (χ3v) is 3.79. The number of hydrogen-bond acceptors (Lipinski definition) is 6. The van der Waals surface area contributed by atoms with Gasteiger partial charge in [0.2, 0.25) is 11.7 Å². The molecule has 0 aromatic carbocycles. The fourth-order valence-corrected chi connectivity index (χ4v) is 2.58. The van der Waals surface area contributed by atoms with Gasteiger partial charge in [0.15, 0.2) is 0 Å². The van der Waals surface area contributed by atoms with Gasteiger partial charge in [-0.2, -0.15) is 10.4 Å². The second kappa shape index (κ2) is 6.87. The maximum Gasteiger partial charge on any atom is 0.288 e. The first kappa shape index (κ1) is 15.0. The summed E-state index contributed by atoms with van der Waals surface area (Å²) in [7, 11) is 0. The number of hydrogen-bond donors (Lipinski definition) is 2. The van der Waals surface area contributed by atoms with Crippen molar-refractivity contribution in [3.8, 4) is 11.9 Å². The van der Waals surface area contributed by atoms with Crippen molar-refractivity contribution in [2.24, 2.45) is 0 Å². The molecule has 0 bridgehead atoms. The van der Waals surface area contributed by atoms with Gasteiger partial charge in [0.25, 0.3) is 5.91 Å². The molecular formula is C15H16N6O2. The molecule has 0 radical (unpaired) electrons. The Bertz CT molecular complexity index is 684. The highest BCUT2D eigenvalue weighted by Gasteiger charge is 2.24. The van der Waals surface area contributed by atoms with Crippen LogP contribution in [0, 0.1) is 11.3 Å². The summed E-state index contributed by atoms with van der Waals surface area (Å²) in [4.78, 5) is 19.8. The summed E-state index contributed by atoms with van der Waals surface area (Å²) >= 11 is 0. The topological polar surface area (TPSA) is 117 Å². The maximum atomic E-state index is 11.9. The molecule has 0 spiro atoms. The minimum atomic E-state index is -0.236. The van der Waals surface area contributed by atoms with Gasteiger partial charge < -0.3 is 10.1 Å². The van der Waals surface area contributed by atoms with Crippen molar-refractivity contribution in [2.45, 2.75) is 37.8 Å². The van der Waals surface area contributed by atoms with E-state index in [-0.39, 0.29) is 23.9 Å². The Labute approximate surface area is 132 Å². The minimum Gasteiger partial charge on any atom is -0.474 e. The largest absolute Gasteiger partial charge is 0.474 e. The average Bonchev–Trinajstić information content (AvgIpc) is 3.12. The number of nitrogens with zero attached hydrogens (tertiary/aromatic N) is 4. The number of amides is 1. The number of aromatic nitrogens is 4. The quantitative estimate of drug-likeness (QED) is 0.876. The van der Waals surface area contributed by atoms with Gasteiger partial charge in [-0.1, -0.05) is 0 Å². The van der Waals surface area contributed by atoms with Gasteiger partial charge >= 0.3 is 0 Å². The molecule has 8 nitrogen and oxygen atoms in total. The Kier molecular flexibility index (Phi) is 4.47. The van der Waals surface area contributed by atoms with E-state index in [1.807, 2.05) is 6.07 Å². The molecule has 2 aromatic heterocycles. The van der Waals surface area contributed by atoms with E-state index in [4.69, 9.17) is 10.00 Å². The van der Waals surface area contributed by atoms with E-state index in [1.165, 1.54) is 12.5 Å². The number of nitriles is 1. The lowest BCUT2D eigenvalue weighted by Gasteiger charge is -2.28. The zero-order valence-corrected chi connectivity index (χ0v) is 12.4. The van der Waals surface area contributed by atoms with Crippen molar-refractivity contribution in [1.29, 1.82) is 5.26 Å². The van der Waals surface area contributed by atoms with Crippen LogP contribution >= 0.6 is 0 Å². The Morgan fingerprint density at radius 3 is 2.74 bits per heavy atom. The van der Waals surface area contributed by atoms with Gasteiger partial charge in [0.05, 0.1) is 5.56 Å². The van der Waals surface area contributed by atoms with Crippen LogP contribution in [-0.4, -0.2) is 38.2 Å². The van der Waals surface area contributed by atoms with Crippen molar-refractivity contribution in [3.63, 3.8) is 0 Å². The number of carbonyl (C=O) groups excluding carboxylic acids is 1. The number of carbonyl (C=O) groups is 1. The van der Waals surface area contributed by atoms with Crippen LogP contribution in [-0.2, 0) is 0 Å². The highest BCUT2D eigenvalue weighted by Crippen LogP contribution is 2.23. The second-order valence-electron chi connectivity index (χ2n) is 5.40. The zero-order chi connectivity index (χ0) is 16.1. The van der Waals surface area contributed by atoms with Crippen LogP contribution in [0.1, 0.15) is 41.9 Å². The van der Waals surface area contributed by atoms with E-state index in [0.29, 0.717) is 11.4 Å². The lowest BCUT2D eigenvalue weighted by atomic mass is 9.93. The predicted molar refractivity (Wildman–Crippen MR) is 79.5 cm³/mol. The zero-order valence-electron chi connectivity index (χ0n) is 12.4. The van der Waals surface area contributed by atoms with Crippen molar-refractivity contribution < 1.29 is 9.53 Å². The maximum absolute atomic E-state index is 11.9. The Balaban J connectivity index is 1.46. The number of H-pyrrole nitrogens is 1. The molecule has 118 valence electrons. The molecule has 2 heterocycles. The van der Waals surface area contributed by atoms with Crippen molar-refractivity contribution in [1.82, 2.24) is 25.5 Å². The van der Waals surface area contributed by atoms with E-state index >= 15 is 0 Å². The second-order valence-corrected chi connectivity index (χ2v) is 5.40. The van der Waals surface area contributed by atoms with E-state index < -0.39 is 0 Å². The van der Waals surface area contributed by atoms with Gasteiger partial charge in [0, 0.05) is 18.3 Å². The smallest absolute Gasteiger partial charge is 0.288 e. The van der Waals surface area contributed by atoms with E-state index in [0.717, 1.165) is 25.7 Å². The lowest BCUT2D eigenvalue weighted by molar-refractivity contribution is 0.0880. The molecule has 1 amide bonds. The Morgan fingerprint density at radius 1 is 1.30 bits per heavy atom. The fraction of sp³-hybridized carbons (Fsp3) is 0.400. The summed E-state index contributed by atoms with van der Waals surface area (Å²) in [5.41, 5.74) is 0.510. The molecule has 1 aliphatic rings. The van der Waals surface area contributed by atoms with Gasteiger partial charge in [-0.25, -0.2) is 9.97 Å². The molecule has 1 saturated carbocycles. The predicted octanol–water partition coefficient (Wildman–Crippen LogP) is 1.19. The van der Waals surface area contributed by atoms with Crippen LogP contribution in [0.3, 0.4) is 0 Å². The van der Waals surface area contributed by atoms with Crippen molar-refractivity contribution in [3.05, 3.63) is 36.0 Å². The lowest BCUT2D eigenvalue weighted by Crippen LogP contribution is -2.40. The number of aromatic amines is 1. The highest BCUT2D eigenvalue weighted by molar-refractivity contribution is 5.90. The van der Waals surface area contributed by atoms with Gasteiger partial charge in [-0.15, -0.1) is 0 Å². The normalized spacial score (nSPS) is 20.5. The molecule has 2 aromatic rings. The van der Waals surface area contributed by atoms with E-state index in [9.17, 15) is 4.79 Å². The monoisotopic (exact) mass is 312 g/mol. The summed E-state index contributed by atoms with van der Waals surface area (Å²) in [6.07, 6.45) is 6.23. The Hall–Kier alpha value is -2.95. The molecule has 0 aliphatic heterocycles. The molecule has 3 rings (SSSR count). The molecule has 1 fully saturated rings. The number of ether oxygens (including phenoxy) is 1. The molecule has 0 atom stereocenters. The van der Waals surface area contributed by atoms with E-state index in [1.54, 1.807) is 12.1 Å². The third-order valence-electron chi connectivity index (χ3n) is 3.79. The average molecular weight is 312 g/mol. The first-order valence-electron chi connectivity index (χ1n) is 7.43. The van der Waals surface area contributed by atoms with Crippen LogP contribution in [0.25, 0.3) is 0 Å². The molecule has 0 saturated heterocycles. The number of nitrogens with one attached hydrogen (secondary N) is 2. The van der Waals surface area contributed by atoms with Gasteiger partial charge in [-0.05, 0) is 31.7 Å². The third kappa shape index (κ3) is 3.83. The number of rotatable bonds is 4. The van der Waals surface area contributed by atoms with E-state index in [2.05, 4.69) is 25.5 Å². The van der Waals surface area contributed by atoms with Crippen LogP contribution in [0.4, 0.5) is 0 Å². The summed E-state index contributed by atoms with van der Waals surface area (Å²) < 4.78 is 5.82. The summed E-state index contributed by atoms with van der Waals surface area (Å²) in [6, 6.07) is 5.53. The van der Waals surface area contributed by atoms with Crippen LogP contribution in [0.15, 0.2) is 24.7 Å². The van der Waals surface area contributed by atoms with Gasteiger partial charge in [0.1, 0.15) is 18.5 Å². The fourth-order valence-electron chi connectivity index (χ4n) is 2.58. The standard InChI is InChI=1S/C15H16N6O2/c16-7-10-1-6-13(17-8-10)23-12-4-2-11(3-5-12)20-15(22)14-18-9-19-21-14/h1,6,8-9,11-12H,2-5H2,(H,20,22)(H,18,19,21). The number of pyridine rings is 1. The van der Waals surface area contributed by atoms with Crippen molar-refractivity contribution >= 4 is 5.91 Å². The first-order chi connectivity index (χ1) is 11.2. The minimum absolute atomic E-state index is 0.0777. The summed E-state index contributed by atoms with van der Waals surface area (Å²) in [6.45, 7) is 0. The first-order valence-corrected chi connectivity index (χ1v) is 7.43. The molecule has 23 heavy (non-hydrogen) atoms. The molecule has 0 unspecified atom stereocenters.